The van der Waals surface area contributed by atoms with Gasteiger partial charge in [0.1, 0.15) is 11.5 Å². The second-order valence-corrected chi connectivity index (χ2v) is 10.7. The van der Waals surface area contributed by atoms with Crippen molar-refractivity contribution in [3.05, 3.63) is 64.7 Å². The quantitative estimate of drug-likeness (QED) is 0.501. The van der Waals surface area contributed by atoms with Crippen molar-refractivity contribution in [2.45, 2.75) is 31.6 Å². The van der Waals surface area contributed by atoms with Crippen LogP contribution in [-0.4, -0.2) is 45.1 Å². The Balaban J connectivity index is 1.51. The molecule has 0 radical (unpaired) electrons. The van der Waals surface area contributed by atoms with Crippen molar-refractivity contribution in [2.24, 2.45) is 0 Å². The number of fused-ring (bicyclic) bond motifs is 1. The van der Waals surface area contributed by atoms with E-state index in [1.54, 1.807) is 18.2 Å². The molecule has 0 atom stereocenters. The highest BCUT2D eigenvalue weighted by atomic mass is 32.2. The van der Waals surface area contributed by atoms with E-state index in [0.717, 1.165) is 35.3 Å². The minimum Gasteiger partial charge on any atom is -0.494 e. The van der Waals surface area contributed by atoms with E-state index in [9.17, 15) is 16.8 Å². The van der Waals surface area contributed by atoms with Crippen LogP contribution >= 0.6 is 0 Å². The molecule has 2 aromatic carbocycles. The van der Waals surface area contributed by atoms with Crippen LogP contribution in [0.5, 0.6) is 5.75 Å². The molecule has 0 amide bonds. The topological polar surface area (TPSA) is 101 Å². The predicted molar refractivity (Wildman–Crippen MR) is 111 cm³/mol. The maximum absolute atomic E-state index is 11.7. The van der Waals surface area contributed by atoms with Crippen molar-refractivity contribution in [2.75, 3.05) is 19.4 Å². The van der Waals surface area contributed by atoms with Crippen LogP contribution in [0, 0.1) is 0 Å². The third-order valence-corrected chi connectivity index (χ3v) is 6.79. The molecule has 0 spiro atoms. The molecule has 1 heterocycles. The SMILES string of the molecule is CS(=O)(=O)N1CCc2cc(OCCCc3cccc(CS(=O)(=O)O)c3)ccc2C1. The minimum absolute atomic E-state index is 0.386. The smallest absolute Gasteiger partial charge is 0.269 e. The summed E-state index contributed by atoms with van der Waals surface area (Å²) in [6, 6.07) is 12.9. The van der Waals surface area contributed by atoms with E-state index in [1.807, 2.05) is 24.3 Å². The van der Waals surface area contributed by atoms with Gasteiger partial charge in [-0.2, -0.15) is 12.7 Å². The van der Waals surface area contributed by atoms with E-state index in [-0.39, 0.29) is 5.75 Å². The molecule has 158 valence electrons. The van der Waals surface area contributed by atoms with Crippen LogP contribution < -0.4 is 4.74 Å². The molecule has 1 aliphatic rings. The Hall–Kier alpha value is -1.94. The number of hydrogen-bond acceptors (Lipinski definition) is 5. The lowest BCUT2D eigenvalue weighted by molar-refractivity contribution is 0.309. The Labute approximate surface area is 172 Å². The molecule has 7 nitrogen and oxygen atoms in total. The molecule has 29 heavy (non-hydrogen) atoms. The first kappa shape index (κ1) is 21.8. The van der Waals surface area contributed by atoms with Crippen molar-refractivity contribution in [1.29, 1.82) is 0 Å². The molecule has 2 aromatic rings. The number of hydrogen-bond donors (Lipinski definition) is 1. The second-order valence-electron chi connectivity index (χ2n) is 7.28. The Kier molecular flexibility index (Phi) is 6.62. The van der Waals surface area contributed by atoms with Crippen LogP contribution in [0.3, 0.4) is 0 Å². The summed E-state index contributed by atoms with van der Waals surface area (Å²) in [5.74, 6) is 0.375. The second kappa shape index (κ2) is 8.83. The number of aryl methyl sites for hydroxylation is 1. The Morgan fingerprint density at radius 2 is 1.79 bits per heavy atom. The first-order chi connectivity index (χ1) is 13.6. The van der Waals surface area contributed by atoms with Gasteiger partial charge in [0.2, 0.25) is 10.0 Å². The average molecular weight is 440 g/mol. The van der Waals surface area contributed by atoms with Gasteiger partial charge in [0, 0.05) is 13.1 Å². The molecule has 0 aromatic heterocycles. The Morgan fingerprint density at radius 3 is 2.52 bits per heavy atom. The van der Waals surface area contributed by atoms with E-state index in [0.29, 0.717) is 31.7 Å². The van der Waals surface area contributed by atoms with E-state index < -0.39 is 20.1 Å². The Bertz CT molecular complexity index is 1080. The largest absolute Gasteiger partial charge is 0.494 e. The fourth-order valence-electron chi connectivity index (χ4n) is 3.43. The predicted octanol–water partition coefficient (Wildman–Crippen LogP) is 2.40. The van der Waals surface area contributed by atoms with Crippen molar-refractivity contribution in [1.82, 2.24) is 4.31 Å². The van der Waals surface area contributed by atoms with Gasteiger partial charge in [-0.05, 0) is 53.6 Å². The van der Waals surface area contributed by atoms with Gasteiger partial charge in [-0.3, -0.25) is 4.55 Å². The number of benzene rings is 2. The zero-order valence-electron chi connectivity index (χ0n) is 16.2. The average Bonchev–Trinajstić information content (AvgIpc) is 2.63. The summed E-state index contributed by atoms with van der Waals surface area (Å²) < 4.78 is 61.7. The molecule has 0 saturated heterocycles. The van der Waals surface area contributed by atoms with E-state index >= 15 is 0 Å². The van der Waals surface area contributed by atoms with Crippen molar-refractivity contribution >= 4 is 20.1 Å². The summed E-state index contributed by atoms with van der Waals surface area (Å²) >= 11 is 0. The van der Waals surface area contributed by atoms with Gasteiger partial charge in [-0.15, -0.1) is 0 Å². The van der Waals surface area contributed by atoms with Gasteiger partial charge in [0.25, 0.3) is 10.1 Å². The van der Waals surface area contributed by atoms with Crippen LogP contribution in [0.25, 0.3) is 0 Å². The molecular formula is C20H25NO6S2. The molecule has 3 rings (SSSR count). The lowest BCUT2D eigenvalue weighted by atomic mass is 10.0. The van der Waals surface area contributed by atoms with Crippen LogP contribution in [0.4, 0.5) is 0 Å². The van der Waals surface area contributed by atoms with Crippen LogP contribution in [-0.2, 0) is 45.3 Å². The fraction of sp³-hybridized carbons (Fsp3) is 0.400. The summed E-state index contributed by atoms with van der Waals surface area (Å²) in [4.78, 5) is 0. The van der Waals surface area contributed by atoms with Crippen molar-refractivity contribution < 1.29 is 26.1 Å². The molecule has 1 N–H and O–H groups in total. The summed E-state index contributed by atoms with van der Waals surface area (Å²) in [6.07, 6.45) is 3.38. The monoisotopic (exact) mass is 439 g/mol. The summed E-state index contributed by atoms with van der Waals surface area (Å²) in [7, 11) is -7.22. The van der Waals surface area contributed by atoms with Gasteiger partial charge in [-0.25, -0.2) is 8.42 Å². The van der Waals surface area contributed by atoms with Gasteiger partial charge >= 0.3 is 0 Å². The highest BCUT2D eigenvalue weighted by Crippen LogP contribution is 2.25. The van der Waals surface area contributed by atoms with Gasteiger partial charge in [0.15, 0.2) is 0 Å². The van der Waals surface area contributed by atoms with E-state index in [4.69, 9.17) is 9.29 Å². The molecule has 0 saturated carbocycles. The standard InChI is InChI=1S/C20H25NO6S2/c1-28(22,23)21-10-9-18-13-20(8-7-19(18)14-21)27-11-3-6-16-4-2-5-17(12-16)15-29(24,25)26/h2,4-5,7-8,12-13H,3,6,9-11,14-15H2,1H3,(H,24,25,26). The maximum atomic E-state index is 11.7. The molecule has 0 unspecified atom stereocenters. The molecule has 9 heteroatoms. The summed E-state index contributed by atoms with van der Waals surface area (Å²) in [5.41, 5.74) is 3.66. The number of sulfonamides is 1. The number of rotatable bonds is 8. The zero-order chi connectivity index (χ0) is 21.1. The first-order valence-electron chi connectivity index (χ1n) is 9.33. The lowest BCUT2D eigenvalue weighted by Crippen LogP contribution is -2.35. The van der Waals surface area contributed by atoms with Gasteiger partial charge < -0.3 is 4.74 Å². The molecule has 0 bridgehead atoms. The van der Waals surface area contributed by atoms with Gasteiger partial charge in [-0.1, -0.05) is 30.3 Å². The van der Waals surface area contributed by atoms with Crippen molar-refractivity contribution in [3.63, 3.8) is 0 Å². The first-order valence-corrected chi connectivity index (χ1v) is 12.8. The Morgan fingerprint density at radius 1 is 1.03 bits per heavy atom. The summed E-state index contributed by atoms with van der Waals surface area (Å²) in [6.45, 7) is 1.39. The van der Waals surface area contributed by atoms with E-state index in [2.05, 4.69) is 0 Å². The normalized spacial score (nSPS) is 15.1. The highest BCUT2D eigenvalue weighted by Gasteiger charge is 2.23. The van der Waals surface area contributed by atoms with Gasteiger partial charge in [0.05, 0.1) is 12.9 Å². The third kappa shape index (κ3) is 6.53. The molecule has 1 aliphatic heterocycles. The third-order valence-electron chi connectivity index (χ3n) is 4.84. The molecule has 0 aliphatic carbocycles. The van der Waals surface area contributed by atoms with Crippen LogP contribution in [0.1, 0.15) is 28.7 Å². The van der Waals surface area contributed by atoms with Crippen molar-refractivity contribution in [3.8, 4) is 5.75 Å². The van der Waals surface area contributed by atoms with Crippen LogP contribution in [0.2, 0.25) is 0 Å². The molecule has 0 fully saturated rings. The van der Waals surface area contributed by atoms with Crippen LogP contribution in [0.15, 0.2) is 42.5 Å². The zero-order valence-corrected chi connectivity index (χ0v) is 17.9. The maximum Gasteiger partial charge on any atom is 0.269 e. The number of nitrogens with zero attached hydrogens (tertiary/aromatic N) is 1. The number of ether oxygens (including phenoxy) is 1. The highest BCUT2D eigenvalue weighted by molar-refractivity contribution is 7.88. The fourth-order valence-corrected chi connectivity index (χ4v) is 4.83. The minimum atomic E-state index is -4.04. The lowest BCUT2D eigenvalue weighted by Gasteiger charge is -2.27. The summed E-state index contributed by atoms with van der Waals surface area (Å²) in [5, 5.41) is 0. The molecular weight excluding hydrogens is 414 g/mol. The van der Waals surface area contributed by atoms with E-state index in [1.165, 1.54) is 10.6 Å².